The monoisotopic (exact) mass is 520 g/mol. The maximum atomic E-state index is 13.3. The lowest BCUT2D eigenvalue weighted by Crippen LogP contribution is -2.29. The number of hydrogen-bond acceptors (Lipinski definition) is 7. The smallest absolute Gasteiger partial charge is 0.338 e. The molecule has 0 saturated carbocycles. The first-order valence-electron chi connectivity index (χ1n) is 11.5. The molecule has 1 atom stereocenters. The molecule has 37 heavy (non-hydrogen) atoms. The van der Waals surface area contributed by atoms with Gasteiger partial charge in [-0.25, -0.2) is 4.79 Å². The van der Waals surface area contributed by atoms with Crippen LogP contribution in [0.5, 0.6) is 5.75 Å². The van der Waals surface area contributed by atoms with Crippen LogP contribution in [0, 0.1) is 0 Å². The van der Waals surface area contributed by atoms with E-state index in [1.807, 2.05) is 0 Å². The second kappa shape index (κ2) is 10.8. The zero-order valence-corrected chi connectivity index (χ0v) is 21.2. The molecule has 9 heteroatoms. The molecule has 190 valence electrons. The van der Waals surface area contributed by atoms with Gasteiger partial charge in [-0.2, -0.15) is 0 Å². The third-order valence-electron chi connectivity index (χ3n) is 5.84. The molecule has 1 N–H and O–H groups in total. The van der Waals surface area contributed by atoms with Crippen LogP contribution in [0.4, 0.5) is 0 Å². The van der Waals surface area contributed by atoms with Crippen LogP contribution in [0.1, 0.15) is 46.9 Å². The molecule has 1 amide bonds. The quantitative estimate of drug-likeness (QED) is 0.204. The number of halogens is 1. The highest BCUT2D eigenvalue weighted by atomic mass is 35.5. The molecule has 1 aliphatic rings. The molecule has 1 aliphatic heterocycles. The fourth-order valence-electron chi connectivity index (χ4n) is 4.16. The number of hydrogen-bond donors (Lipinski definition) is 1. The first kappa shape index (κ1) is 25.9. The first-order chi connectivity index (χ1) is 17.7. The number of carbonyl (C=O) groups is 3. The van der Waals surface area contributed by atoms with Gasteiger partial charge in [0.2, 0.25) is 0 Å². The molecular weight excluding hydrogens is 496 g/mol. The average Bonchev–Trinajstić information content (AvgIpc) is 3.13. The number of ether oxygens (including phenoxy) is 2. The normalized spacial score (nSPS) is 16.8. The number of likely N-dealkylation sites (tertiary alicyclic amines) is 1. The summed E-state index contributed by atoms with van der Waals surface area (Å²) in [6, 6.07) is 13.7. The highest BCUT2D eigenvalue weighted by Gasteiger charge is 2.46. The minimum atomic E-state index is -0.914. The molecule has 4 rings (SSSR count). The number of amides is 1. The van der Waals surface area contributed by atoms with Crippen LogP contribution in [-0.4, -0.2) is 45.9 Å². The van der Waals surface area contributed by atoms with Gasteiger partial charge >= 0.3 is 5.97 Å². The van der Waals surface area contributed by atoms with E-state index in [0.29, 0.717) is 27.5 Å². The van der Waals surface area contributed by atoms with Crippen LogP contribution in [0.25, 0.3) is 5.76 Å². The highest BCUT2D eigenvalue weighted by Crippen LogP contribution is 2.41. The van der Waals surface area contributed by atoms with Gasteiger partial charge < -0.3 is 19.5 Å². The number of carbonyl (C=O) groups excluding carboxylic acids is 3. The number of Topliss-reactive ketones (excluding diaryl/α,β-unsaturated/α-hetero) is 1. The van der Waals surface area contributed by atoms with E-state index in [0.717, 1.165) is 0 Å². The molecule has 3 aromatic rings. The number of aromatic nitrogens is 1. The Morgan fingerprint density at radius 3 is 2.49 bits per heavy atom. The molecule has 1 fully saturated rings. The number of aliphatic hydroxyl groups is 1. The van der Waals surface area contributed by atoms with E-state index in [2.05, 4.69) is 4.98 Å². The number of nitrogens with zero attached hydrogens (tertiary/aromatic N) is 2. The van der Waals surface area contributed by atoms with Gasteiger partial charge in [0.15, 0.2) is 0 Å². The standard InChI is InChI=1S/C28H25ClN2O6/c1-16(2)37-28(35)18-8-6-17(7-9-18)15-31-24(19-5-4-12-30-14-19)23(26(33)27(31)34)25(32)21-13-20(29)10-11-22(21)36-3/h4-14,16,24,32H,15H2,1-3H3/b25-23+. The number of esters is 1. The van der Waals surface area contributed by atoms with Crippen molar-refractivity contribution >= 4 is 35.0 Å². The van der Waals surface area contributed by atoms with Gasteiger partial charge in [-0.3, -0.25) is 14.6 Å². The summed E-state index contributed by atoms with van der Waals surface area (Å²) in [5.41, 5.74) is 1.68. The van der Waals surface area contributed by atoms with Gasteiger partial charge in [0.25, 0.3) is 11.7 Å². The van der Waals surface area contributed by atoms with Crippen molar-refractivity contribution in [1.82, 2.24) is 9.88 Å². The Bertz CT molecular complexity index is 1370. The van der Waals surface area contributed by atoms with Crippen molar-refractivity contribution in [3.63, 3.8) is 0 Å². The van der Waals surface area contributed by atoms with Crippen molar-refractivity contribution in [3.05, 3.63) is 99.8 Å². The van der Waals surface area contributed by atoms with Crippen molar-refractivity contribution in [1.29, 1.82) is 0 Å². The molecule has 2 aromatic carbocycles. The van der Waals surface area contributed by atoms with Gasteiger partial charge in [0, 0.05) is 24.0 Å². The number of aliphatic hydroxyl groups excluding tert-OH is 1. The molecule has 1 saturated heterocycles. The lowest BCUT2D eigenvalue weighted by atomic mass is 9.96. The summed E-state index contributed by atoms with van der Waals surface area (Å²) in [5, 5.41) is 11.6. The van der Waals surface area contributed by atoms with Gasteiger partial charge in [0.1, 0.15) is 11.5 Å². The third kappa shape index (κ3) is 5.34. The van der Waals surface area contributed by atoms with Crippen molar-refractivity contribution in [2.45, 2.75) is 32.5 Å². The van der Waals surface area contributed by atoms with Gasteiger partial charge in [0.05, 0.1) is 36.0 Å². The van der Waals surface area contributed by atoms with Crippen molar-refractivity contribution in [3.8, 4) is 5.75 Å². The van der Waals surface area contributed by atoms with Crippen molar-refractivity contribution < 1.29 is 29.0 Å². The van der Waals surface area contributed by atoms with E-state index in [1.54, 1.807) is 68.6 Å². The summed E-state index contributed by atoms with van der Waals surface area (Å²) in [5.74, 6) is -2.18. The molecule has 1 aromatic heterocycles. The summed E-state index contributed by atoms with van der Waals surface area (Å²) in [4.78, 5) is 44.2. The van der Waals surface area contributed by atoms with E-state index in [9.17, 15) is 19.5 Å². The maximum Gasteiger partial charge on any atom is 0.338 e. The lowest BCUT2D eigenvalue weighted by molar-refractivity contribution is -0.140. The van der Waals surface area contributed by atoms with Gasteiger partial charge in [-0.15, -0.1) is 0 Å². The summed E-state index contributed by atoms with van der Waals surface area (Å²) in [6.45, 7) is 3.58. The Morgan fingerprint density at radius 2 is 1.86 bits per heavy atom. The third-order valence-corrected chi connectivity index (χ3v) is 6.08. The highest BCUT2D eigenvalue weighted by molar-refractivity contribution is 6.46. The van der Waals surface area contributed by atoms with E-state index in [-0.39, 0.29) is 23.8 Å². The summed E-state index contributed by atoms with van der Waals surface area (Å²) in [6.07, 6.45) is 2.86. The van der Waals surface area contributed by atoms with E-state index in [4.69, 9.17) is 21.1 Å². The van der Waals surface area contributed by atoms with Gasteiger partial charge in [-0.05, 0) is 61.4 Å². The predicted molar refractivity (Wildman–Crippen MR) is 137 cm³/mol. The maximum absolute atomic E-state index is 13.3. The minimum Gasteiger partial charge on any atom is -0.507 e. The lowest BCUT2D eigenvalue weighted by Gasteiger charge is -2.25. The number of ketones is 1. The second-order valence-electron chi connectivity index (χ2n) is 8.71. The fourth-order valence-corrected chi connectivity index (χ4v) is 4.33. The van der Waals surface area contributed by atoms with Crippen LogP contribution >= 0.6 is 11.6 Å². The molecule has 8 nitrogen and oxygen atoms in total. The zero-order chi connectivity index (χ0) is 26.7. The average molecular weight is 521 g/mol. The summed E-state index contributed by atoms with van der Waals surface area (Å²) in [7, 11) is 1.43. The Hall–Kier alpha value is -4.17. The largest absolute Gasteiger partial charge is 0.507 e. The predicted octanol–water partition coefficient (Wildman–Crippen LogP) is 4.93. The van der Waals surface area contributed by atoms with Crippen LogP contribution in [-0.2, 0) is 20.9 Å². The van der Waals surface area contributed by atoms with Crippen LogP contribution in [0.15, 0.2) is 72.6 Å². The topological polar surface area (TPSA) is 106 Å². The summed E-state index contributed by atoms with van der Waals surface area (Å²) < 4.78 is 10.6. The SMILES string of the molecule is COc1ccc(Cl)cc1/C(O)=C1\C(=O)C(=O)N(Cc2ccc(C(=O)OC(C)C)cc2)C1c1cccnc1. The van der Waals surface area contributed by atoms with E-state index in [1.165, 1.54) is 24.3 Å². The van der Waals surface area contributed by atoms with Crippen molar-refractivity contribution in [2.75, 3.05) is 7.11 Å². The summed E-state index contributed by atoms with van der Waals surface area (Å²) >= 11 is 6.15. The minimum absolute atomic E-state index is 0.0487. The van der Waals surface area contributed by atoms with Gasteiger partial charge in [-0.1, -0.05) is 29.8 Å². The second-order valence-corrected chi connectivity index (χ2v) is 9.15. The molecule has 2 heterocycles. The number of benzene rings is 2. The fraction of sp³-hybridized carbons (Fsp3) is 0.214. The molecular formula is C28H25ClN2O6. The Kier molecular flexibility index (Phi) is 7.59. The van der Waals surface area contributed by atoms with E-state index < -0.39 is 29.5 Å². The molecule has 0 radical (unpaired) electrons. The molecule has 0 bridgehead atoms. The van der Waals surface area contributed by atoms with E-state index >= 15 is 0 Å². The van der Waals surface area contributed by atoms with Crippen LogP contribution in [0.3, 0.4) is 0 Å². The Labute approximate surface area is 219 Å². The molecule has 0 aliphatic carbocycles. The Morgan fingerprint density at radius 1 is 1.14 bits per heavy atom. The van der Waals surface area contributed by atoms with Crippen LogP contribution < -0.4 is 4.74 Å². The Balaban J connectivity index is 1.76. The molecule has 0 spiro atoms. The zero-order valence-electron chi connectivity index (χ0n) is 20.5. The number of pyridine rings is 1. The van der Waals surface area contributed by atoms with Crippen molar-refractivity contribution in [2.24, 2.45) is 0 Å². The first-order valence-corrected chi connectivity index (χ1v) is 11.9. The number of methoxy groups -OCH3 is 1. The van der Waals surface area contributed by atoms with Crippen LogP contribution in [0.2, 0.25) is 5.02 Å². The number of rotatable bonds is 7. The molecule has 1 unspecified atom stereocenters.